The first-order chi connectivity index (χ1) is 14.6. The molecular formula is C23H25NO6. The zero-order valence-electron chi connectivity index (χ0n) is 16.9. The fourth-order valence-electron chi connectivity index (χ4n) is 3.38. The minimum atomic E-state index is -1.12. The minimum Gasteiger partial charge on any atom is -0.467 e. The van der Waals surface area contributed by atoms with E-state index in [9.17, 15) is 14.4 Å². The molecular weight excluding hydrogens is 386 g/mol. The predicted molar refractivity (Wildman–Crippen MR) is 108 cm³/mol. The van der Waals surface area contributed by atoms with E-state index in [-0.39, 0.29) is 13.0 Å². The molecule has 0 aromatic heterocycles. The van der Waals surface area contributed by atoms with E-state index < -0.39 is 30.2 Å². The molecule has 1 saturated heterocycles. The monoisotopic (exact) mass is 411 g/mol. The van der Waals surface area contributed by atoms with Crippen molar-refractivity contribution in [3.63, 3.8) is 0 Å². The molecule has 1 heterocycles. The van der Waals surface area contributed by atoms with Crippen molar-refractivity contribution in [2.45, 2.75) is 38.0 Å². The number of rotatable bonds is 7. The average Bonchev–Trinajstić information content (AvgIpc) is 3.28. The molecule has 1 aliphatic heterocycles. The number of carbonyl (C=O) groups excluding carboxylic acids is 3. The van der Waals surface area contributed by atoms with Gasteiger partial charge in [0.25, 0.3) is 0 Å². The van der Waals surface area contributed by atoms with Crippen LogP contribution in [0.15, 0.2) is 60.7 Å². The van der Waals surface area contributed by atoms with Gasteiger partial charge in [0.1, 0.15) is 12.6 Å². The summed E-state index contributed by atoms with van der Waals surface area (Å²) in [5.41, 5.74) is 1.67. The Bertz CT molecular complexity index is 855. The second-order valence-corrected chi connectivity index (χ2v) is 7.03. The van der Waals surface area contributed by atoms with Gasteiger partial charge < -0.3 is 14.2 Å². The molecule has 1 aliphatic rings. The molecule has 3 rings (SSSR count). The summed E-state index contributed by atoms with van der Waals surface area (Å²) in [6.45, 7) is 0.451. The van der Waals surface area contributed by atoms with Crippen LogP contribution in [0.25, 0.3) is 0 Å². The van der Waals surface area contributed by atoms with E-state index >= 15 is 0 Å². The Kier molecular flexibility index (Phi) is 7.43. The molecule has 1 amide bonds. The standard InChI is InChI=1S/C23H25NO6/c1-28-21(25)19-13-8-14-24(19)23(27)30-20(15-17-9-4-2-5-10-17)22(26)29-16-18-11-6-3-7-12-18/h2-7,9-12,19-20H,8,13-16H2,1H3/t19-,20-/m0/s1. The van der Waals surface area contributed by atoms with Gasteiger partial charge in [0.05, 0.1) is 7.11 Å². The van der Waals surface area contributed by atoms with Crippen LogP contribution in [0.5, 0.6) is 0 Å². The van der Waals surface area contributed by atoms with E-state index in [1.807, 2.05) is 60.7 Å². The maximum absolute atomic E-state index is 12.7. The van der Waals surface area contributed by atoms with Gasteiger partial charge in [-0.1, -0.05) is 60.7 Å². The van der Waals surface area contributed by atoms with Gasteiger partial charge in [0, 0.05) is 13.0 Å². The highest BCUT2D eigenvalue weighted by atomic mass is 16.6. The first-order valence-corrected chi connectivity index (χ1v) is 9.88. The molecule has 2 aromatic carbocycles. The Hall–Kier alpha value is -3.35. The number of nitrogens with zero attached hydrogens (tertiary/aromatic N) is 1. The highest BCUT2D eigenvalue weighted by Gasteiger charge is 2.38. The lowest BCUT2D eigenvalue weighted by molar-refractivity contribution is -0.155. The van der Waals surface area contributed by atoms with Gasteiger partial charge in [-0.3, -0.25) is 4.90 Å². The van der Waals surface area contributed by atoms with Crippen molar-refractivity contribution in [2.75, 3.05) is 13.7 Å². The van der Waals surface area contributed by atoms with Crippen LogP contribution in [0.4, 0.5) is 4.79 Å². The van der Waals surface area contributed by atoms with Gasteiger partial charge in [0.15, 0.2) is 0 Å². The normalized spacial score (nSPS) is 16.6. The smallest absolute Gasteiger partial charge is 0.411 e. The van der Waals surface area contributed by atoms with Crippen LogP contribution in [0.3, 0.4) is 0 Å². The second kappa shape index (κ2) is 10.4. The molecule has 0 N–H and O–H groups in total. The number of ether oxygens (including phenoxy) is 3. The first kappa shape index (κ1) is 21.4. The van der Waals surface area contributed by atoms with E-state index in [1.54, 1.807) is 0 Å². The van der Waals surface area contributed by atoms with Crippen molar-refractivity contribution in [3.8, 4) is 0 Å². The lowest BCUT2D eigenvalue weighted by atomic mass is 10.1. The summed E-state index contributed by atoms with van der Waals surface area (Å²) in [4.78, 5) is 38.7. The fourth-order valence-corrected chi connectivity index (χ4v) is 3.38. The van der Waals surface area contributed by atoms with Crippen LogP contribution < -0.4 is 0 Å². The van der Waals surface area contributed by atoms with Crippen LogP contribution in [0.2, 0.25) is 0 Å². The van der Waals surface area contributed by atoms with Gasteiger partial charge in [-0.2, -0.15) is 0 Å². The van der Waals surface area contributed by atoms with Gasteiger partial charge >= 0.3 is 18.0 Å². The fraction of sp³-hybridized carbons (Fsp3) is 0.348. The summed E-state index contributed by atoms with van der Waals surface area (Å²) < 4.78 is 15.7. The third-order valence-electron chi connectivity index (χ3n) is 4.95. The van der Waals surface area contributed by atoms with Crippen molar-refractivity contribution in [3.05, 3.63) is 71.8 Å². The SMILES string of the molecule is COC(=O)[C@@H]1CCCN1C(=O)O[C@@H](Cc1ccccc1)C(=O)OCc1ccccc1. The largest absolute Gasteiger partial charge is 0.467 e. The Morgan fingerprint density at radius 3 is 2.27 bits per heavy atom. The van der Waals surface area contributed by atoms with E-state index in [1.165, 1.54) is 12.0 Å². The Balaban J connectivity index is 1.69. The van der Waals surface area contributed by atoms with Crippen molar-refractivity contribution in [2.24, 2.45) is 0 Å². The van der Waals surface area contributed by atoms with Gasteiger partial charge in [0.2, 0.25) is 6.10 Å². The summed E-state index contributed by atoms with van der Waals surface area (Å²) in [6, 6.07) is 17.8. The van der Waals surface area contributed by atoms with Crippen LogP contribution in [-0.4, -0.2) is 48.7 Å². The molecule has 30 heavy (non-hydrogen) atoms. The second-order valence-electron chi connectivity index (χ2n) is 7.03. The van der Waals surface area contributed by atoms with Crippen LogP contribution in [0, 0.1) is 0 Å². The molecule has 158 valence electrons. The van der Waals surface area contributed by atoms with Crippen molar-refractivity contribution < 1.29 is 28.6 Å². The van der Waals surface area contributed by atoms with E-state index in [0.29, 0.717) is 19.4 Å². The maximum Gasteiger partial charge on any atom is 0.411 e. The Morgan fingerprint density at radius 2 is 1.63 bits per heavy atom. The zero-order chi connectivity index (χ0) is 21.3. The van der Waals surface area contributed by atoms with Crippen molar-refractivity contribution >= 4 is 18.0 Å². The highest BCUT2D eigenvalue weighted by Crippen LogP contribution is 2.21. The minimum absolute atomic E-state index is 0.0804. The van der Waals surface area contributed by atoms with Gasteiger partial charge in [-0.15, -0.1) is 0 Å². The summed E-state index contributed by atoms with van der Waals surface area (Å²) in [5, 5.41) is 0. The molecule has 1 fully saturated rings. The zero-order valence-corrected chi connectivity index (χ0v) is 16.9. The van der Waals surface area contributed by atoms with Crippen molar-refractivity contribution in [1.29, 1.82) is 0 Å². The van der Waals surface area contributed by atoms with Crippen LogP contribution >= 0.6 is 0 Å². The topological polar surface area (TPSA) is 82.1 Å². The predicted octanol–water partition coefficient (Wildman–Crippen LogP) is 3.12. The Labute approximate surface area is 175 Å². The number of methoxy groups -OCH3 is 1. The molecule has 0 unspecified atom stereocenters. The first-order valence-electron chi connectivity index (χ1n) is 9.88. The molecule has 0 saturated carbocycles. The van der Waals surface area contributed by atoms with Crippen LogP contribution in [-0.2, 0) is 36.8 Å². The van der Waals surface area contributed by atoms with Gasteiger partial charge in [-0.25, -0.2) is 14.4 Å². The Morgan fingerprint density at radius 1 is 1.00 bits per heavy atom. The number of esters is 2. The summed E-state index contributed by atoms with van der Waals surface area (Å²) in [6.07, 6.45) is -0.500. The molecule has 7 nitrogen and oxygen atoms in total. The molecule has 0 bridgehead atoms. The average molecular weight is 411 g/mol. The van der Waals surface area contributed by atoms with Crippen molar-refractivity contribution in [1.82, 2.24) is 4.90 Å². The lowest BCUT2D eigenvalue weighted by Crippen LogP contribution is -2.44. The molecule has 7 heteroatoms. The highest BCUT2D eigenvalue weighted by molar-refractivity contribution is 5.84. The molecule has 0 aliphatic carbocycles. The quantitative estimate of drug-likeness (QED) is 0.514. The van der Waals surface area contributed by atoms with Crippen LogP contribution in [0.1, 0.15) is 24.0 Å². The summed E-state index contributed by atoms with van der Waals surface area (Å²) in [7, 11) is 1.28. The number of hydrogen-bond acceptors (Lipinski definition) is 6. The molecule has 2 aromatic rings. The summed E-state index contributed by atoms with van der Waals surface area (Å²) >= 11 is 0. The van der Waals surface area contributed by atoms with Gasteiger partial charge in [-0.05, 0) is 24.0 Å². The van der Waals surface area contributed by atoms with E-state index in [2.05, 4.69) is 0 Å². The number of benzene rings is 2. The number of carbonyl (C=O) groups is 3. The maximum atomic E-state index is 12.7. The van der Waals surface area contributed by atoms with E-state index in [4.69, 9.17) is 14.2 Å². The summed E-state index contributed by atoms with van der Waals surface area (Å²) in [5.74, 6) is -1.12. The lowest BCUT2D eigenvalue weighted by Gasteiger charge is -2.25. The number of hydrogen-bond donors (Lipinski definition) is 0. The van der Waals surface area contributed by atoms with E-state index in [0.717, 1.165) is 11.1 Å². The molecule has 0 radical (unpaired) electrons. The third kappa shape index (κ3) is 5.59. The number of likely N-dealkylation sites (tertiary alicyclic amines) is 1. The molecule has 2 atom stereocenters. The molecule has 0 spiro atoms. The number of amides is 1. The third-order valence-corrected chi connectivity index (χ3v) is 4.95.